The summed E-state index contributed by atoms with van der Waals surface area (Å²) < 4.78 is 0. The van der Waals surface area contributed by atoms with Crippen molar-refractivity contribution in [1.82, 2.24) is 10.2 Å². The average molecular weight is 337 g/mol. The van der Waals surface area contributed by atoms with E-state index in [1.165, 1.54) is 4.90 Å². The van der Waals surface area contributed by atoms with Gasteiger partial charge in [-0.15, -0.1) is 0 Å². The molecule has 0 spiro atoms. The Morgan fingerprint density at radius 1 is 1.33 bits per heavy atom. The van der Waals surface area contributed by atoms with E-state index in [0.29, 0.717) is 25.8 Å². The fourth-order valence-electron chi connectivity index (χ4n) is 3.50. The van der Waals surface area contributed by atoms with Gasteiger partial charge in [-0.25, -0.2) is 0 Å². The second kappa shape index (κ2) is 7.77. The topological polar surface area (TPSA) is 110 Å². The first-order valence-corrected chi connectivity index (χ1v) is 8.77. The van der Waals surface area contributed by atoms with E-state index in [-0.39, 0.29) is 35.9 Å². The Balaban J connectivity index is 2.10. The number of carbonyl (C=O) groups is 4. The van der Waals surface area contributed by atoms with Crippen molar-refractivity contribution in [3.05, 3.63) is 0 Å². The van der Waals surface area contributed by atoms with Crippen molar-refractivity contribution in [1.29, 1.82) is 0 Å². The lowest BCUT2D eigenvalue weighted by atomic mass is 9.96. The molecule has 1 aliphatic heterocycles. The third-order valence-electron chi connectivity index (χ3n) is 5.26. The number of nitrogens with two attached hydrogens (primary N) is 1. The predicted molar refractivity (Wildman–Crippen MR) is 87.7 cm³/mol. The van der Waals surface area contributed by atoms with Crippen LogP contribution < -0.4 is 11.1 Å². The summed E-state index contributed by atoms with van der Waals surface area (Å²) >= 11 is 0. The third kappa shape index (κ3) is 3.94. The molecule has 2 unspecified atom stereocenters. The summed E-state index contributed by atoms with van der Waals surface area (Å²) in [4.78, 5) is 49.8. The SMILES string of the molecule is CCC(C)[C@H](NC(=O)C1CCC(=O)C1)C(=O)N1CCC[C@H]1C(N)=O. The molecule has 1 saturated carbocycles. The van der Waals surface area contributed by atoms with E-state index >= 15 is 0 Å². The molecule has 2 aliphatic rings. The molecule has 24 heavy (non-hydrogen) atoms. The molecular formula is C17H27N3O4. The minimum atomic E-state index is -0.682. The molecule has 1 aliphatic carbocycles. The third-order valence-corrected chi connectivity index (χ3v) is 5.26. The van der Waals surface area contributed by atoms with Crippen molar-refractivity contribution in [3.63, 3.8) is 0 Å². The van der Waals surface area contributed by atoms with Gasteiger partial charge in [0.1, 0.15) is 17.9 Å². The summed E-state index contributed by atoms with van der Waals surface area (Å²) in [7, 11) is 0. The van der Waals surface area contributed by atoms with Gasteiger partial charge in [0, 0.05) is 25.3 Å². The van der Waals surface area contributed by atoms with Crippen molar-refractivity contribution in [2.24, 2.45) is 17.6 Å². The molecule has 7 heteroatoms. The van der Waals surface area contributed by atoms with Crippen LogP contribution in [0.2, 0.25) is 0 Å². The van der Waals surface area contributed by atoms with E-state index in [1.54, 1.807) is 0 Å². The number of nitrogens with zero attached hydrogens (tertiary/aromatic N) is 1. The fourth-order valence-corrected chi connectivity index (χ4v) is 3.50. The van der Waals surface area contributed by atoms with Crippen LogP contribution in [0.4, 0.5) is 0 Å². The van der Waals surface area contributed by atoms with Crippen LogP contribution in [0.5, 0.6) is 0 Å². The van der Waals surface area contributed by atoms with Crippen LogP contribution in [-0.4, -0.2) is 47.0 Å². The largest absolute Gasteiger partial charge is 0.368 e. The van der Waals surface area contributed by atoms with Crippen LogP contribution in [0.1, 0.15) is 52.4 Å². The maximum absolute atomic E-state index is 12.9. The van der Waals surface area contributed by atoms with Gasteiger partial charge < -0.3 is 16.0 Å². The minimum Gasteiger partial charge on any atom is -0.368 e. The Kier molecular flexibility index (Phi) is 5.96. The van der Waals surface area contributed by atoms with E-state index < -0.39 is 18.0 Å². The number of likely N-dealkylation sites (tertiary alicyclic amines) is 1. The molecule has 7 nitrogen and oxygen atoms in total. The lowest BCUT2D eigenvalue weighted by Gasteiger charge is -2.31. The molecule has 0 aromatic rings. The fraction of sp³-hybridized carbons (Fsp3) is 0.765. The van der Waals surface area contributed by atoms with Crippen LogP contribution in [-0.2, 0) is 19.2 Å². The minimum absolute atomic E-state index is 0.0623. The zero-order chi connectivity index (χ0) is 17.9. The van der Waals surface area contributed by atoms with E-state index in [4.69, 9.17) is 5.73 Å². The summed E-state index contributed by atoms with van der Waals surface area (Å²) in [5.74, 6) is -1.31. The second-order valence-corrected chi connectivity index (χ2v) is 6.94. The number of carbonyl (C=O) groups excluding carboxylic acids is 4. The van der Waals surface area contributed by atoms with Crippen molar-refractivity contribution < 1.29 is 19.2 Å². The molecule has 0 radical (unpaired) electrons. The van der Waals surface area contributed by atoms with Gasteiger partial charge >= 0.3 is 0 Å². The van der Waals surface area contributed by atoms with Crippen LogP contribution >= 0.6 is 0 Å². The summed E-state index contributed by atoms with van der Waals surface area (Å²) in [5, 5.41) is 2.83. The maximum Gasteiger partial charge on any atom is 0.246 e. The highest BCUT2D eigenvalue weighted by molar-refractivity contribution is 5.94. The zero-order valence-corrected chi connectivity index (χ0v) is 14.4. The molecule has 0 aromatic heterocycles. The highest BCUT2D eigenvalue weighted by Gasteiger charge is 2.39. The number of hydrogen-bond donors (Lipinski definition) is 2. The second-order valence-electron chi connectivity index (χ2n) is 6.94. The lowest BCUT2D eigenvalue weighted by Crippen LogP contribution is -2.55. The number of ketones is 1. The molecule has 0 bridgehead atoms. The molecule has 2 rings (SSSR count). The molecule has 0 aromatic carbocycles. The van der Waals surface area contributed by atoms with Gasteiger partial charge in [0.15, 0.2) is 0 Å². The Bertz CT molecular complexity index is 534. The Morgan fingerprint density at radius 3 is 2.58 bits per heavy atom. The van der Waals surface area contributed by atoms with Crippen molar-refractivity contribution in [2.45, 2.75) is 64.5 Å². The summed E-state index contributed by atoms with van der Waals surface area (Å²) in [5.41, 5.74) is 5.39. The highest BCUT2D eigenvalue weighted by atomic mass is 16.2. The predicted octanol–water partition coefficient (Wildman–Crippen LogP) is 0.363. The van der Waals surface area contributed by atoms with Gasteiger partial charge in [-0.1, -0.05) is 20.3 Å². The molecule has 4 atom stereocenters. The van der Waals surface area contributed by atoms with Gasteiger partial charge in [0.2, 0.25) is 17.7 Å². The van der Waals surface area contributed by atoms with Gasteiger partial charge in [-0.2, -0.15) is 0 Å². The molecule has 2 fully saturated rings. The van der Waals surface area contributed by atoms with Crippen LogP contribution in [0.3, 0.4) is 0 Å². The highest BCUT2D eigenvalue weighted by Crippen LogP contribution is 2.24. The summed E-state index contributed by atoms with van der Waals surface area (Å²) in [6.07, 6.45) is 3.24. The van der Waals surface area contributed by atoms with Gasteiger partial charge in [0.05, 0.1) is 0 Å². The number of Topliss-reactive ketones (excluding diaryl/α,β-unsaturated/α-hetero) is 1. The van der Waals surface area contributed by atoms with E-state index in [0.717, 1.165) is 12.8 Å². The standard InChI is InChI=1S/C17H27N3O4/c1-3-10(2)14(19-16(23)11-6-7-12(21)9-11)17(24)20-8-4-5-13(20)15(18)22/h10-11,13-14H,3-9H2,1-2H3,(H2,18,22)(H,19,23)/t10?,11?,13-,14-/m0/s1. The molecule has 1 heterocycles. The van der Waals surface area contributed by atoms with Crippen molar-refractivity contribution >= 4 is 23.5 Å². The molecular weight excluding hydrogens is 310 g/mol. The molecule has 1 saturated heterocycles. The summed E-state index contributed by atoms with van der Waals surface area (Å²) in [6.45, 7) is 4.33. The normalized spacial score (nSPS) is 26.2. The quantitative estimate of drug-likeness (QED) is 0.729. The number of hydrogen-bond acceptors (Lipinski definition) is 4. The summed E-state index contributed by atoms with van der Waals surface area (Å²) in [6, 6.07) is -1.27. The van der Waals surface area contributed by atoms with Gasteiger partial charge in [0.25, 0.3) is 0 Å². The van der Waals surface area contributed by atoms with Gasteiger partial charge in [-0.3, -0.25) is 19.2 Å². The maximum atomic E-state index is 12.9. The van der Waals surface area contributed by atoms with Crippen molar-refractivity contribution in [2.75, 3.05) is 6.54 Å². The Hall–Kier alpha value is -1.92. The van der Waals surface area contributed by atoms with E-state index in [1.807, 2.05) is 13.8 Å². The first kappa shape index (κ1) is 18.4. The van der Waals surface area contributed by atoms with Crippen LogP contribution in [0.15, 0.2) is 0 Å². The number of rotatable bonds is 6. The number of amides is 3. The monoisotopic (exact) mass is 337 g/mol. The zero-order valence-electron chi connectivity index (χ0n) is 14.4. The van der Waals surface area contributed by atoms with Crippen molar-refractivity contribution in [3.8, 4) is 0 Å². The Labute approximate surface area is 142 Å². The van der Waals surface area contributed by atoms with E-state index in [9.17, 15) is 19.2 Å². The number of primary amides is 1. The smallest absolute Gasteiger partial charge is 0.246 e. The molecule has 134 valence electrons. The lowest BCUT2D eigenvalue weighted by molar-refractivity contribution is -0.142. The average Bonchev–Trinajstić information content (AvgIpc) is 3.19. The first-order chi connectivity index (χ1) is 11.3. The Morgan fingerprint density at radius 2 is 2.04 bits per heavy atom. The molecule has 3 N–H and O–H groups in total. The van der Waals surface area contributed by atoms with Crippen LogP contribution in [0, 0.1) is 11.8 Å². The number of nitrogens with one attached hydrogen (secondary N) is 1. The van der Waals surface area contributed by atoms with E-state index in [2.05, 4.69) is 5.32 Å². The first-order valence-electron chi connectivity index (χ1n) is 8.77. The van der Waals surface area contributed by atoms with Crippen LogP contribution in [0.25, 0.3) is 0 Å². The van der Waals surface area contributed by atoms with Gasteiger partial charge in [-0.05, 0) is 25.2 Å². The molecule has 3 amide bonds.